The van der Waals surface area contributed by atoms with Crippen molar-refractivity contribution in [3.05, 3.63) is 100 Å². The Kier molecular flexibility index (Phi) is 5.89. The van der Waals surface area contributed by atoms with Crippen LogP contribution in [0.25, 0.3) is 0 Å². The van der Waals surface area contributed by atoms with Gasteiger partial charge in [-0.25, -0.2) is 0 Å². The number of Topliss-reactive ketones (excluding diaryl/α,β-unsaturated/α-hetero) is 1. The summed E-state index contributed by atoms with van der Waals surface area (Å²) in [5.74, 6) is -0.185. The lowest BCUT2D eigenvalue weighted by Gasteiger charge is -2.19. The van der Waals surface area contributed by atoms with E-state index in [9.17, 15) is 13.2 Å². The molecule has 162 valence electrons. The number of rotatable bonds is 4. The van der Waals surface area contributed by atoms with E-state index >= 15 is 0 Å². The van der Waals surface area contributed by atoms with Crippen LogP contribution in [0.5, 0.6) is 0 Å². The van der Waals surface area contributed by atoms with Crippen molar-refractivity contribution >= 4 is 27.2 Å². The number of sulfonamides is 1. The minimum atomic E-state index is -3.97. The summed E-state index contributed by atoms with van der Waals surface area (Å²) >= 11 is 0. The van der Waals surface area contributed by atoms with Crippen LogP contribution < -0.4 is 0 Å². The van der Waals surface area contributed by atoms with E-state index in [1.165, 1.54) is 0 Å². The number of ketones is 1. The van der Waals surface area contributed by atoms with Crippen molar-refractivity contribution in [3.8, 4) is 0 Å². The molecule has 0 saturated carbocycles. The van der Waals surface area contributed by atoms with Gasteiger partial charge in [-0.05, 0) is 37.5 Å². The number of carbonyl (C=O) groups excluding carboxylic acids is 1. The number of aryl methyl sites for hydroxylation is 3. The van der Waals surface area contributed by atoms with Crippen molar-refractivity contribution in [2.45, 2.75) is 38.6 Å². The third-order valence-electron chi connectivity index (χ3n) is 5.47. The lowest BCUT2D eigenvalue weighted by Crippen LogP contribution is -2.28. The summed E-state index contributed by atoms with van der Waals surface area (Å²) < 4.78 is 30.9. The maximum Gasteiger partial charge on any atom is 0.283 e. The molecule has 0 fully saturated rings. The zero-order valence-electron chi connectivity index (χ0n) is 18.3. The van der Waals surface area contributed by atoms with Crippen molar-refractivity contribution in [3.63, 3.8) is 0 Å². The van der Waals surface area contributed by atoms with Crippen molar-refractivity contribution in [2.24, 2.45) is 9.39 Å². The van der Waals surface area contributed by atoms with Gasteiger partial charge >= 0.3 is 0 Å². The maximum absolute atomic E-state index is 13.3. The smallest absolute Gasteiger partial charge is 0.283 e. The highest BCUT2D eigenvalue weighted by molar-refractivity contribution is 7.90. The van der Waals surface area contributed by atoms with Crippen molar-refractivity contribution in [1.29, 1.82) is 0 Å². The third kappa shape index (κ3) is 4.32. The van der Waals surface area contributed by atoms with Gasteiger partial charge in [0.25, 0.3) is 10.0 Å². The molecule has 0 bridgehead atoms. The van der Waals surface area contributed by atoms with E-state index in [0.29, 0.717) is 40.2 Å². The first-order valence-electron chi connectivity index (χ1n) is 10.4. The Morgan fingerprint density at radius 2 is 1.41 bits per heavy atom. The summed E-state index contributed by atoms with van der Waals surface area (Å²) in [7, 11) is -3.97. The second-order valence-corrected chi connectivity index (χ2v) is 9.58. The monoisotopic (exact) mass is 444 g/mol. The van der Waals surface area contributed by atoms with Gasteiger partial charge in [-0.15, -0.1) is 0 Å². The normalized spacial score (nSPS) is 16.4. The zero-order chi connectivity index (χ0) is 22.9. The van der Waals surface area contributed by atoms with Gasteiger partial charge in [-0.3, -0.25) is 9.79 Å². The van der Waals surface area contributed by atoms with Crippen molar-refractivity contribution < 1.29 is 13.2 Å². The number of aliphatic imine (C=N–C) groups is 1. The maximum atomic E-state index is 13.3. The molecule has 1 aliphatic carbocycles. The average molecular weight is 445 g/mol. The fraction of sp³-hybridized carbons (Fsp3) is 0.192. The van der Waals surface area contributed by atoms with Gasteiger partial charge in [-0.1, -0.05) is 72.3 Å². The summed E-state index contributed by atoms with van der Waals surface area (Å²) in [4.78, 5) is 17.8. The highest BCUT2D eigenvalue weighted by Gasteiger charge is 2.30. The minimum Gasteiger partial charge on any atom is -0.287 e. The van der Waals surface area contributed by atoms with E-state index in [1.807, 2.05) is 49.4 Å². The van der Waals surface area contributed by atoms with Crippen LogP contribution in [-0.2, 0) is 16.6 Å². The van der Waals surface area contributed by atoms with Gasteiger partial charge in [0.05, 0.1) is 22.9 Å². The quantitative estimate of drug-likeness (QED) is 0.567. The number of nitrogens with zero attached hydrogens (tertiary/aromatic N) is 2. The van der Waals surface area contributed by atoms with Crippen LogP contribution >= 0.6 is 0 Å². The predicted octanol–water partition coefficient (Wildman–Crippen LogP) is 5.02. The van der Waals surface area contributed by atoms with Crippen LogP contribution in [0.15, 0.2) is 81.0 Å². The molecule has 0 spiro atoms. The van der Waals surface area contributed by atoms with E-state index in [1.54, 1.807) is 38.1 Å². The summed E-state index contributed by atoms with van der Waals surface area (Å²) in [5, 5.41) is 0. The molecular weight excluding hydrogens is 420 g/mol. The molecule has 3 aromatic carbocycles. The van der Waals surface area contributed by atoms with Crippen LogP contribution in [0, 0.1) is 20.8 Å². The van der Waals surface area contributed by atoms with Gasteiger partial charge in [0.1, 0.15) is 0 Å². The molecule has 1 aliphatic rings. The molecule has 0 radical (unpaired) electrons. The summed E-state index contributed by atoms with van der Waals surface area (Å²) in [6.45, 7) is 5.83. The lowest BCUT2D eigenvalue weighted by molar-refractivity contribution is 0.106. The first-order chi connectivity index (χ1) is 15.3. The average Bonchev–Trinajstić information content (AvgIpc) is 2.74. The molecular formula is C26H24N2O3S. The Hall–Kier alpha value is -3.38. The lowest BCUT2D eigenvalue weighted by atomic mass is 9.87. The number of carbonyl (C=O) groups is 1. The fourth-order valence-corrected chi connectivity index (χ4v) is 5.64. The molecule has 0 atom stereocenters. The Bertz CT molecular complexity index is 1350. The molecule has 0 saturated heterocycles. The van der Waals surface area contributed by atoms with Crippen LogP contribution in [0.1, 0.15) is 44.6 Å². The Balaban J connectivity index is 1.80. The standard InChI is InChI=1S/C26H24N2O3S/c1-17-13-18(2)26(19(3)14-17)32(30,31)28-23-15-24(27-16-20-9-5-4-6-10-20)25(29)22-12-8-7-11-21(22)23/h4-14H,15-16H2,1-3H3. The molecule has 0 N–H and O–H groups in total. The first-order valence-corrected chi connectivity index (χ1v) is 11.8. The van der Waals surface area contributed by atoms with E-state index < -0.39 is 10.0 Å². The molecule has 6 heteroatoms. The van der Waals surface area contributed by atoms with E-state index in [-0.39, 0.29) is 17.1 Å². The molecule has 0 unspecified atom stereocenters. The van der Waals surface area contributed by atoms with Gasteiger partial charge in [-0.2, -0.15) is 12.8 Å². The van der Waals surface area contributed by atoms with Crippen LogP contribution in [-0.4, -0.2) is 25.6 Å². The molecule has 3 aromatic rings. The summed E-state index contributed by atoms with van der Waals surface area (Å²) in [6, 6.07) is 20.3. The van der Waals surface area contributed by atoms with Gasteiger partial charge in [0.15, 0.2) is 0 Å². The van der Waals surface area contributed by atoms with Gasteiger partial charge in [0.2, 0.25) is 5.78 Å². The van der Waals surface area contributed by atoms with Gasteiger partial charge < -0.3 is 0 Å². The van der Waals surface area contributed by atoms with Crippen LogP contribution in [0.4, 0.5) is 0 Å². The van der Waals surface area contributed by atoms with Crippen molar-refractivity contribution in [2.75, 3.05) is 0 Å². The summed E-state index contributed by atoms with van der Waals surface area (Å²) in [5.41, 5.74) is 4.92. The number of fused-ring (bicyclic) bond motifs is 1. The minimum absolute atomic E-state index is 0.0753. The summed E-state index contributed by atoms with van der Waals surface area (Å²) in [6.07, 6.45) is 0.0753. The fourth-order valence-electron chi connectivity index (χ4n) is 4.17. The number of benzene rings is 3. The number of hydrogen-bond acceptors (Lipinski definition) is 4. The highest BCUT2D eigenvalue weighted by atomic mass is 32.2. The highest BCUT2D eigenvalue weighted by Crippen LogP contribution is 2.27. The molecule has 4 rings (SSSR count). The van der Waals surface area contributed by atoms with E-state index in [0.717, 1.165) is 11.1 Å². The molecule has 0 heterocycles. The predicted molar refractivity (Wildman–Crippen MR) is 127 cm³/mol. The molecule has 0 amide bonds. The Labute approximate surface area is 188 Å². The second-order valence-electron chi connectivity index (χ2n) is 8.04. The molecule has 0 aliphatic heterocycles. The first kappa shape index (κ1) is 21.8. The SMILES string of the molecule is Cc1cc(C)c(S(=O)(=O)N=C2CC(=NCc3ccccc3)C(=O)c3ccccc32)c(C)c1. The molecule has 5 nitrogen and oxygen atoms in total. The van der Waals surface area contributed by atoms with E-state index in [2.05, 4.69) is 9.39 Å². The largest absolute Gasteiger partial charge is 0.287 e. The second kappa shape index (κ2) is 8.63. The third-order valence-corrected chi connectivity index (χ3v) is 7.09. The zero-order valence-corrected chi connectivity index (χ0v) is 19.1. The molecule has 0 aromatic heterocycles. The van der Waals surface area contributed by atoms with Gasteiger partial charge in [0, 0.05) is 17.5 Å². The Morgan fingerprint density at radius 3 is 2.06 bits per heavy atom. The van der Waals surface area contributed by atoms with E-state index in [4.69, 9.17) is 0 Å². The number of hydrogen-bond donors (Lipinski definition) is 0. The van der Waals surface area contributed by atoms with Crippen molar-refractivity contribution in [1.82, 2.24) is 0 Å². The Morgan fingerprint density at radius 1 is 0.812 bits per heavy atom. The van der Waals surface area contributed by atoms with Crippen LogP contribution in [0.3, 0.4) is 0 Å². The molecule has 32 heavy (non-hydrogen) atoms. The topological polar surface area (TPSA) is 75.9 Å². The van der Waals surface area contributed by atoms with Crippen LogP contribution in [0.2, 0.25) is 0 Å².